The number of aromatic carboxylic acids is 1. The third kappa shape index (κ3) is 2.51. The number of hydrogen-bond acceptors (Lipinski definition) is 4. The Labute approximate surface area is 103 Å². The lowest BCUT2D eigenvalue weighted by Crippen LogP contribution is -1.95. The van der Waals surface area contributed by atoms with Crippen molar-refractivity contribution in [1.82, 2.24) is 4.98 Å². The second kappa shape index (κ2) is 5.07. The van der Waals surface area contributed by atoms with Gasteiger partial charge in [-0.3, -0.25) is 0 Å². The maximum atomic E-state index is 11.1. The summed E-state index contributed by atoms with van der Waals surface area (Å²) in [6, 6.07) is 9.29. The Morgan fingerprint density at radius 3 is 2.71 bits per heavy atom. The molecule has 88 valence electrons. The summed E-state index contributed by atoms with van der Waals surface area (Å²) in [6.07, 6.45) is 0. The molecule has 4 nitrogen and oxygen atoms in total. The van der Waals surface area contributed by atoms with Crippen LogP contribution in [0, 0.1) is 0 Å². The van der Waals surface area contributed by atoms with Gasteiger partial charge in [0.2, 0.25) is 0 Å². The molecule has 0 saturated heterocycles. The van der Waals surface area contributed by atoms with Gasteiger partial charge in [0.1, 0.15) is 9.88 Å². The van der Waals surface area contributed by atoms with Crippen molar-refractivity contribution in [3.05, 3.63) is 40.2 Å². The molecular weight excluding hydrogens is 238 g/mol. The van der Waals surface area contributed by atoms with E-state index in [4.69, 9.17) is 9.84 Å². The van der Waals surface area contributed by atoms with Gasteiger partial charge in [-0.2, -0.15) is 0 Å². The maximum absolute atomic E-state index is 11.1. The Morgan fingerprint density at radius 1 is 1.41 bits per heavy atom. The normalized spacial score (nSPS) is 10.4. The van der Waals surface area contributed by atoms with Crippen LogP contribution in [0.1, 0.15) is 14.7 Å². The number of carboxylic acids is 1. The quantitative estimate of drug-likeness (QED) is 0.905. The van der Waals surface area contributed by atoms with E-state index in [1.54, 1.807) is 7.11 Å². The molecule has 0 unspecified atom stereocenters. The highest BCUT2D eigenvalue weighted by molar-refractivity contribution is 7.14. The first-order chi connectivity index (χ1) is 8.22. The minimum Gasteiger partial charge on any atom is -0.477 e. The predicted molar refractivity (Wildman–Crippen MR) is 65.2 cm³/mol. The highest BCUT2D eigenvalue weighted by Gasteiger charge is 2.18. The Kier molecular flexibility index (Phi) is 3.51. The first kappa shape index (κ1) is 11.8. The third-order valence-electron chi connectivity index (χ3n) is 2.18. The first-order valence-corrected chi connectivity index (χ1v) is 5.81. The number of carbonyl (C=O) groups is 1. The number of carboxylic acid groups (broad SMARTS) is 1. The van der Waals surface area contributed by atoms with Gasteiger partial charge in [0.25, 0.3) is 0 Å². The maximum Gasteiger partial charge on any atom is 0.348 e. The number of benzene rings is 1. The molecule has 0 amide bonds. The highest BCUT2D eigenvalue weighted by Crippen LogP contribution is 2.28. The molecule has 17 heavy (non-hydrogen) atoms. The fraction of sp³-hybridized carbons (Fsp3) is 0.167. The van der Waals surface area contributed by atoms with Crippen molar-refractivity contribution in [2.75, 3.05) is 7.11 Å². The molecule has 0 aliphatic rings. The molecule has 1 N–H and O–H groups in total. The van der Waals surface area contributed by atoms with Crippen molar-refractivity contribution in [1.29, 1.82) is 0 Å². The lowest BCUT2D eigenvalue weighted by Gasteiger charge is -1.97. The smallest absolute Gasteiger partial charge is 0.348 e. The highest BCUT2D eigenvalue weighted by atomic mass is 32.1. The SMILES string of the molecule is COCc1nc(-c2ccccc2)c(C(=O)O)s1. The van der Waals surface area contributed by atoms with Gasteiger partial charge in [-0.1, -0.05) is 30.3 Å². The average molecular weight is 249 g/mol. The van der Waals surface area contributed by atoms with Crippen LogP contribution < -0.4 is 0 Å². The zero-order valence-electron chi connectivity index (χ0n) is 9.21. The van der Waals surface area contributed by atoms with Crippen LogP contribution in [-0.2, 0) is 11.3 Å². The Hall–Kier alpha value is -1.72. The van der Waals surface area contributed by atoms with Gasteiger partial charge in [0.05, 0.1) is 12.3 Å². The molecule has 0 aliphatic heterocycles. The van der Waals surface area contributed by atoms with E-state index in [9.17, 15) is 4.79 Å². The summed E-state index contributed by atoms with van der Waals surface area (Å²) in [5, 5.41) is 9.81. The van der Waals surface area contributed by atoms with E-state index < -0.39 is 5.97 Å². The van der Waals surface area contributed by atoms with Gasteiger partial charge in [0.15, 0.2) is 0 Å². The van der Waals surface area contributed by atoms with Crippen molar-refractivity contribution < 1.29 is 14.6 Å². The third-order valence-corrected chi connectivity index (χ3v) is 3.20. The van der Waals surface area contributed by atoms with E-state index in [1.807, 2.05) is 30.3 Å². The van der Waals surface area contributed by atoms with Gasteiger partial charge < -0.3 is 9.84 Å². The Morgan fingerprint density at radius 2 is 2.12 bits per heavy atom. The lowest BCUT2D eigenvalue weighted by atomic mass is 10.1. The van der Waals surface area contributed by atoms with Gasteiger partial charge in [-0.15, -0.1) is 11.3 Å². The number of rotatable bonds is 4. The van der Waals surface area contributed by atoms with Crippen LogP contribution in [0.2, 0.25) is 0 Å². The standard InChI is InChI=1S/C12H11NO3S/c1-16-7-9-13-10(11(17-9)12(14)15)8-5-3-2-4-6-8/h2-6H,7H2,1H3,(H,14,15). The van der Waals surface area contributed by atoms with Crippen LogP contribution in [0.5, 0.6) is 0 Å². The predicted octanol–water partition coefficient (Wildman–Crippen LogP) is 2.65. The molecule has 0 aliphatic carbocycles. The van der Waals surface area contributed by atoms with Crippen molar-refractivity contribution in [3.8, 4) is 11.3 Å². The summed E-state index contributed by atoms with van der Waals surface area (Å²) in [5.74, 6) is -0.955. The molecule has 2 aromatic rings. The number of ether oxygens (including phenoxy) is 1. The summed E-state index contributed by atoms with van der Waals surface area (Å²) in [7, 11) is 1.56. The molecular formula is C12H11NO3S. The largest absolute Gasteiger partial charge is 0.477 e. The van der Waals surface area contributed by atoms with Crippen LogP contribution in [0.3, 0.4) is 0 Å². The fourth-order valence-electron chi connectivity index (χ4n) is 1.49. The molecule has 0 fully saturated rings. The zero-order chi connectivity index (χ0) is 12.3. The Balaban J connectivity index is 2.48. The monoisotopic (exact) mass is 249 g/mol. The van der Waals surface area contributed by atoms with E-state index in [-0.39, 0.29) is 4.88 Å². The molecule has 0 saturated carbocycles. The number of methoxy groups -OCH3 is 1. The fourth-order valence-corrected chi connectivity index (χ4v) is 2.38. The van der Waals surface area contributed by atoms with E-state index in [0.29, 0.717) is 17.3 Å². The van der Waals surface area contributed by atoms with Crippen molar-refractivity contribution in [2.24, 2.45) is 0 Å². The molecule has 1 aromatic heterocycles. The summed E-state index contributed by atoms with van der Waals surface area (Å²) in [5.41, 5.74) is 1.32. The Bertz CT molecular complexity index is 522. The molecule has 0 spiro atoms. The average Bonchev–Trinajstić information content (AvgIpc) is 2.75. The summed E-state index contributed by atoms with van der Waals surface area (Å²) in [6.45, 7) is 0.331. The molecule has 0 atom stereocenters. The van der Waals surface area contributed by atoms with Gasteiger partial charge in [-0.05, 0) is 0 Å². The van der Waals surface area contributed by atoms with Gasteiger partial charge in [-0.25, -0.2) is 9.78 Å². The van der Waals surface area contributed by atoms with Crippen LogP contribution in [-0.4, -0.2) is 23.2 Å². The van der Waals surface area contributed by atoms with Crippen molar-refractivity contribution in [3.63, 3.8) is 0 Å². The minimum absolute atomic E-state index is 0.253. The van der Waals surface area contributed by atoms with Crippen LogP contribution in [0.15, 0.2) is 30.3 Å². The number of aromatic nitrogens is 1. The van der Waals surface area contributed by atoms with E-state index in [2.05, 4.69) is 4.98 Å². The summed E-state index contributed by atoms with van der Waals surface area (Å²) < 4.78 is 4.97. The second-order valence-corrected chi connectivity index (χ2v) is 4.47. The lowest BCUT2D eigenvalue weighted by molar-refractivity contribution is 0.0702. The van der Waals surface area contributed by atoms with Crippen molar-refractivity contribution >= 4 is 17.3 Å². The topological polar surface area (TPSA) is 59.4 Å². The number of thiazole rings is 1. The molecule has 1 aromatic carbocycles. The van der Waals surface area contributed by atoms with E-state index in [1.165, 1.54) is 0 Å². The van der Waals surface area contributed by atoms with Gasteiger partial charge >= 0.3 is 5.97 Å². The molecule has 0 radical (unpaired) electrons. The molecule has 5 heteroatoms. The number of nitrogens with zero attached hydrogens (tertiary/aromatic N) is 1. The summed E-state index contributed by atoms with van der Waals surface area (Å²) >= 11 is 1.15. The number of hydrogen-bond donors (Lipinski definition) is 1. The van der Waals surface area contributed by atoms with Crippen LogP contribution in [0.25, 0.3) is 11.3 Å². The zero-order valence-corrected chi connectivity index (χ0v) is 10.0. The van der Waals surface area contributed by atoms with Gasteiger partial charge in [0, 0.05) is 12.7 Å². The molecule has 2 rings (SSSR count). The summed E-state index contributed by atoms with van der Waals surface area (Å²) in [4.78, 5) is 15.7. The molecule has 0 bridgehead atoms. The van der Waals surface area contributed by atoms with E-state index >= 15 is 0 Å². The van der Waals surface area contributed by atoms with E-state index in [0.717, 1.165) is 16.9 Å². The van der Waals surface area contributed by atoms with Crippen molar-refractivity contribution in [2.45, 2.75) is 6.61 Å². The molecule has 1 heterocycles. The second-order valence-electron chi connectivity index (χ2n) is 3.39. The minimum atomic E-state index is -0.955. The van der Waals surface area contributed by atoms with Crippen LogP contribution in [0.4, 0.5) is 0 Å². The van der Waals surface area contributed by atoms with Crippen LogP contribution >= 0.6 is 11.3 Å². The first-order valence-electron chi connectivity index (χ1n) is 4.99.